The van der Waals surface area contributed by atoms with Crippen molar-refractivity contribution in [3.8, 4) is 5.75 Å². The zero-order chi connectivity index (χ0) is 21.3. The van der Waals surface area contributed by atoms with Gasteiger partial charge in [0.05, 0.1) is 18.4 Å². The highest BCUT2D eigenvalue weighted by Crippen LogP contribution is 2.36. The third-order valence-corrected chi connectivity index (χ3v) is 4.97. The number of hydrogen-bond acceptors (Lipinski definition) is 5. The normalized spacial score (nSPS) is 12.0. The van der Waals surface area contributed by atoms with E-state index in [2.05, 4.69) is 5.32 Å². The van der Waals surface area contributed by atoms with E-state index < -0.39 is 18.0 Å². The van der Waals surface area contributed by atoms with Gasteiger partial charge < -0.3 is 19.2 Å². The molecular weight excluding hydrogens is 382 g/mol. The Morgan fingerprint density at radius 3 is 2.47 bits per heavy atom. The lowest BCUT2D eigenvalue weighted by atomic mass is 10.1. The Balaban J connectivity index is 1.56. The number of carbonyl (C=O) groups is 2. The lowest BCUT2D eigenvalue weighted by Crippen LogP contribution is -2.30. The van der Waals surface area contributed by atoms with Crippen LogP contribution in [-0.2, 0) is 9.53 Å². The third kappa shape index (κ3) is 3.59. The van der Waals surface area contributed by atoms with E-state index in [0.29, 0.717) is 22.6 Å². The number of benzene rings is 3. The van der Waals surface area contributed by atoms with E-state index in [4.69, 9.17) is 13.9 Å². The summed E-state index contributed by atoms with van der Waals surface area (Å²) >= 11 is 0. The van der Waals surface area contributed by atoms with Gasteiger partial charge in [0.2, 0.25) is 0 Å². The first kappa shape index (κ1) is 19.5. The summed E-state index contributed by atoms with van der Waals surface area (Å²) in [4.78, 5) is 25.1. The largest absolute Gasteiger partial charge is 0.495 e. The number of furan rings is 1. The predicted molar refractivity (Wildman–Crippen MR) is 115 cm³/mol. The molecule has 0 bridgehead atoms. The molecule has 0 aliphatic carbocycles. The van der Waals surface area contributed by atoms with Crippen LogP contribution in [0.3, 0.4) is 0 Å². The molecule has 1 amide bonds. The maximum atomic E-state index is 12.7. The molecule has 0 radical (unpaired) electrons. The molecule has 0 aliphatic heterocycles. The number of hydrogen-bond donors (Lipinski definition) is 1. The van der Waals surface area contributed by atoms with E-state index in [9.17, 15) is 9.59 Å². The first-order chi connectivity index (χ1) is 14.5. The van der Waals surface area contributed by atoms with Crippen LogP contribution in [0.2, 0.25) is 0 Å². The minimum absolute atomic E-state index is 0.429. The number of carbonyl (C=O) groups excluding carboxylic acids is 2. The summed E-state index contributed by atoms with van der Waals surface area (Å²) in [5.74, 6) is -0.527. The van der Waals surface area contributed by atoms with Gasteiger partial charge in [0.25, 0.3) is 5.91 Å². The number of esters is 1. The Labute approximate surface area is 173 Å². The molecule has 0 saturated carbocycles. The van der Waals surface area contributed by atoms with Crippen LogP contribution in [0.15, 0.2) is 65.1 Å². The van der Waals surface area contributed by atoms with Crippen LogP contribution in [0.1, 0.15) is 22.8 Å². The van der Waals surface area contributed by atoms with E-state index >= 15 is 0 Å². The van der Waals surface area contributed by atoms with E-state index in [-0.39, 0.29) is 0 Å². The minimum Gasteiger partial charge on any atom is -0.495 e. The summed E-state index contributed by atoms with van der Waals surface area (Å²) in [7, 11) is 1.53. The van der Waals surface area contributed by atoms with Crippen LogP contribution in [0.4, 0.5) is 5.69 Å². The van der Waals surface area contributed by atoms with E-state index in [0.717, 1.165) is 21.9 Å². The van der Waals surface area contributed by atoms with Crippen molar-refractivity contribution < 1.29 is 23.5 Å². The smallest absolute Gasteiger partial charge is 0.339 e. The van der Waals surface area contributed by atoms with Crippen LogP contribution in [0.25, 0.3) is 21.9 Å². The topological polar surface area (TPSA) is 77.8 Å². The molecule has 4 rings (SSSR count). The molecule has 6 heteroatoms. The summed E-state index contributed by atoms with van der Waals surface area (Å²) in [6.45, 7) is 3.34. The van der Waals surface area contributed by atoms with Crippen molar-refractivity contribution >= 4 is 39.5 Å². The van der Waals surface area contributed by atoms with Gasteiger partial charge in [-0.25, -0.2) is 4.79 Å². The number of anilines is 1. The highest BCUT2D eigenvalue weighted by atomic mass is 16.5. The van der Waals surface area contributed by atoms with Crippen LogP contribution in [-0.4, -0.2) is 25.1 Å². The fourth-order valence-corrected chi connectivity index (χ4v) is 3.33. The Hall–Kier alpha value is -3.80. The van der Waals surface area contributed by atoms with Crippen molar-refractivity contribution in [1.82, 2.24) is 0 Å². The molecule has 0 unspecified atom stereocenters. The molecule has 0 fully saturated rings. The fraction of sp³-hybridized carbons (Fsp3) is 0.167. The zero-order valence-corrected chi connectivity index (χ0v) is 16.9. The molecule has 6 nitrogen and oxygen atoms in total. The third-order valence-electron chi connectivity index (χ3n) is 4.97. The van der Waals surface area contributed by atoms with Gasteiger partial charge in [0, 0.05) is 16.8 Å². The average molecular weight is 403 g/mol. The second kappa shape index (κ2) is 7.91. The van der Waals surface area contributed by atoms with Crippen LogP contribution < -0.4 is 10.1 Å². The molecular formula is C24H21NO5. The number of fused-ring (bicyclic) bond motifs is 3. The summed E-state index contributed by atoms with van der Waals surface area (Å²) in [5.41, 5.74) is 3.02. The SMILES string of the molecule is COc1cc2c(cc1NC(=O)[C@@H](C)OC(=O)c1ccccc1C)oc1ccccc12. The van der Waals surface area contributed by atoms with E-state index in [1.807, 2.05) is 49.4 Å². The fourth-order valence-electron chi connectivity index (χ4n) is 3.33. The summed E-state index contributed by atoms with van der Waals surface area (Å²) < 4.78 is 16.7. The molecule has 0 aliphatic rings. The standard InChI is InChI=1S/C24H21NO5/c1-14-8-4-5-9-16(14)24(27)29-15(2)23(26)25-19-13-21-18(12-22(19)28-3)17-10-6-7-11-20(17)30-21/h4-13,15H,1-3H3,(H,25,26)/t15-/m1/s1. The van der Waals surface area contributed by atoms with Crippen molar-refractivity contribution in [1.29, 1.82) is 0 Å². The lowest BCUT2D eigenvalue weighted by molar-refractivity contribution is -0.123. The monoisotopic (exact) mass is 403 g/mol. The van der Waals surface area contributed by atoms with Crippen LogP contribution in [0.5, 0.6) is 5.75 Å². The molecule has 152 valence electrons. The molecule has 0 saturated heterocycles. The summed E-state index contributed by atoms with van der Waals surface area (Å²) in [6, 6.07) is 18.3. The number of ether oxygens (including phenoxy) is 2. The molecule has 1 atom stereocenters. The Bertz CT molecular complexity index is 1260. The molecule has 0 spiro atoms. The molecule has 1 heterocycles. The molecule has 4 aromatic rings. The van der Waals surface area contributed by atoms with Gasteiger partial charge in [-0.2, -0.15) is 0 Å². The first-order valence-electron chi connectivity index (χ1n) is 9.54. The molecule has 1 aromatic heterocycles. The maximum absolute atomic E-state index is 12.7. The molecule has 3 aromatic carbocycles. The van der Waals surface area contributed by atoms with Crippen molar-refractivity contribution in [2.75, 3.05) is 12.4 Å². The second-order valence-electron chi connectivity index (χ2n) is 7.00. The highest BCUT2D eigenvalue weighted by Gasteiger charge is 2.22. The number of aryl methyl sites for hydroxylation is 1. The van der Waals surface area contributed by atoms with Gasteiger partial charge in [-0.3, -0.25) is 4.79 Å². The van der Waals surface area contributed by atoms with Crippen molar-refractivity contribution in [2.45, 2.75) is 20.0 Å². The quantitative estimate of drug-likeness (QED) is 0.470. The first-order valence-corrected chi connectivity index (χ1v) is 9.54. The Kier molecular flexibility index (Phi) is 5.14. The van der Waals surface area contributed by atoms with Crippen molar-refractivity contribution in [2.24, 2.45) is 0 Å². The summed E-state index contributed by atoms with van der Waals surface area (Å²) in [5, 5.41) is 4.62. The Morgan fingerprint density at radius 1 is 0.967 bits per heavy atom. The number of amides is 1. The van der Waals surface area contributed by atoms with Crippen molar-refractivity contribution in [3.63, 3.8) is 0 Å². The predicted octanol–water partition coefficient (Wildman–Crippen LogP) is 5.09. The summed E-state index contributed by atoms with van der Waals surface area (Å²) in [6.07, 6.45) is -0.992. The maximum Gasteiger partial charge on any atom is 0.339 e. The number of nitrogens with one attached hydrogen (secondary N) is 1. The van der Waals surface area contributed by atoms with Crippen molar-refractivity contribution in [3.05, 3.63) is 71.8 Å². The van der Waals surface area contributed by atoms with E-state index in [1.165, 1.54) is 14.0 Å². The highest BCUT2D eigenvalue weighted by molar-refractivity contribution is 6.08. The van der Waals surface area contributed by atoms with Gasteiger partial charge in [-0.15, -0.1) is 0 Å². The van der Waals surface area contributed by atoms with Gasteiger partial charge >= 0.3 is 5.97 Å². The molecule has 1 N–H and O–H groups in total. The second-order valence-corrected chi connectivity index (χ2v) is 7.00. The minimum atomic E-state index is -0.992. The number of para-hydroxylation sites is 1. The zero-order valence-electron chi connectivity index (χ0n) is 16.9. The molecule has 30 heavy (non-hydrogen) atoms. The van der Waals surface area contributed by atoms with E-state index in [1.54, 1.807) is 18.2 Å². The van der Waals surface area contributed by atoms with Gasteiger partial charge in [-0.05, 0) is 37.6 Å². The van der Waals surface area contributed by atoms with Crippen LogP contribution >= 0.6 is 0 Å². The van der Waals surface area contributed by atoms with Crippen LogP contribution in [0, 0.1) is 6.92 Å². The van der Waals surface area contributed by atoms with Gasteiger partial charge in [-0.1, -0.05) is 36.4 Å². The number of rotatable bonds is 5. The Morgan fingerprint density at radius 2 is 1.70 bits per heavy atom. The average Bonchev–Trinajstić information content (AvgIpc) is 3.10. The van der Waals surface area contributed by atoms with Gasteiger partial charge in [0.1, 0.15) is 16.9 Å². The lowest BCUT2D eigenvalue weighted by Gasteiger charge is -2.16. The van der Waals surface area contributed by atoms with Gasteiger partial charge in [0.15, 0.2) is 6.10 Å². The number of methoxy groups -OCH3 is 1.